The smallest absolute Gasteiger partial charge is 0.243 e. The van der Waals surface area contributed by atoms with Crippen LogP contribution in [0.1, 0.15) is 32.1 Å². The zero-order valence-corrected chi connectivity index (χ0v) is 13.7. The molecule has 1 atom stereocenters. The summed E-state index contributed by atoms with van der Waals surface area (Å²) in [6, 6.07) is 2.02. The first-order valence-electron chi connectivity index (χ1n) is 8.75. The molecule has 1 saturated carbocycles. The van der Waals surface area contributed by atoms with Gasteiger partial charge in [-0.2, -0.15) is 0 Å². The molecular formula is C17H22N6O. The van der Waals surface area contributed by atoms with E-state index >= 15 is 0 Å². The number of aromatic amines is 1. The lowest BCUT2D eigenvalue weighted by Gasteiger charge is -2.37. The van der Waals surface area contributed by atoms with Crippen LogP contribution in [0, 0.1) is 0 Å². The molecule has 2 aliphatic heterocycles. The first-order valence-corrected chi connectivity index (χ1v) is 8.75. The van der Waals surface area contributed by atoms with Crippen LogP contribution in [0.15, 0.2) is 18.6 Å². The summed E-state index contributed by atoms with van der Waals surface area (Å²) < 4.78 is 0. The Bertz CT molecular complexity index is 812. The Hall–Kier alpha value is -2.15. The number of H-pyrrole nitrogens is 1. The topological polar surface area (TPSA) is 91.1 Å². The van der Waals surface area contributed by atoms with Crippen molar-refractivity contribution in [2.45, 2.75) is 43.2 Å². The van der Waals surface area contributed by atoms with Crippen LogP contribution in [0.5, 0.6) is 0 Å². The summed E-state index contributed by atoms with van der Waals surface area (Å²) in [5.41, 5.74) is 6.41. The molecule has 2 aromatic heterocycles. The fraction of sp³-hybridized carbons (Fsp3) is 0.588. The molecule has 5 rings (SSSR count). The van der Waals surface area contributed by atoms with E-state index in [9.17, 15) is 4.79 Å². The number of fused-ring (bicyclic) bond motifs is 1. The van der Waals surface area contributed by atoms with Crippen molar-refractivity contribution in [1.82, 2.24) is 19.9 Å². The molecule has 24 heavy (non-hydrogen) atoms. The molecule has 2 saturated heterocycles. The van der Waals surface area contributed by atoms with Gasteiger partial charge in [0, 0.05) is 25.8 Å². The Balaban J connectivity index is 1.45. The highest BCUT2D eigenvalue weighted by Gasteiger charge is 2.56. The van der Waals surface area contributed by atoms with E-state index < -0.39 is 5.54 Å². The zero-order chi connectivity index (χ0) is 16.4. The predicted octanol–water partition coefficient (Wildman–Crippen LogP) is 1.02. The molecule has 3 aliphatic rings. The Labute approximate surface area is 140 Å². The molecule has 0 bridgehead atoms. The first-order chi connectivity index (χ1) is 11.6. The Morgan fingerprint density at radius 3 is 2.92 bits per heavy atom. The molecule has 1 amide bonds. The molecule has 7 heteroatoms. The lowest BCUT2D eigenvalue weighted by molar-refractivity contribution is -0.137. The number of amides is 1. The van der Waals surface area contributed by atoms with Gasteiger partial charge in [0.2, 0.25) is 5.91 Å². The molecule has 0 radical (unpaired) electrons. The summed E-state index contributed by atoms with van der Waals surface area (Å²) in [5.74, 6) is 1.13. The number of rotatable bonds is 2. The highest BCUT2D eigenvalue weighted by Crippen LogP contribution is 2.44. The normalized spacial score (nSPS) is 28.2. The van der Waals surface area contributed by atoms with Gasteiger partial charge < -0.3 is 20.5 Å². The minimum atomic E-state index is -0.576. The number of nitrogens with one attached hydrogen (secondary N) is 1. The van der Waals surface area contributed by atoms with Gasteiger partial charge in [0.25, 0.3) is 0 Å². The van der Waals surface area contributed by atoms with Crippen LogP contribution in [-0.4, -0.2) is 56.5 Å². The standard InChI is InChI=1S/C17H22N6O/c18-17(4-5-17)15(24)23-8-1-3-16(23)6-9-22(10-16)14-12-2-7-19-13(12)20-11-21-14/h2,7,11H,1,3-6,8-10,18H2,(H,19,20,21). The molecule has 0 aromatic carbocycles. The molecule has 3 N–H and O–H groups in total. The third kappa shape index (κ3) is 1.90. The van der Waals surface area contributed by atoms with Gasteiger partial charge in [-0.1, -0.05) is 0 Å². The summed E-state index contributed by atoms with van der Waals surface area (Å²) in [7, 11) is 0. The number of anilines is 1. The van der Waals surface area contributed by atoms with Crippen molar-refractivity contribution in [3.8, 4) is 0 Å². The van der Waals surface area contributed by atoms with E-state index in [2.05, 4.69) is 24.8 Å². The molecule has 1 spiro atoms. The SMILES string of the molecule is NC1(C(=O)N2CCCC23CCN(c2ncnc4[nH]ccc24)C3)CC1. The summed E-state index contributed by atoms with van der Waals surface area (Å²) >= 11 is 0. The Kier molecular flexibility index (Phi) is 2.78. The maximum Gasteiger partial charge on any atom is 0.243 e. The van der Waals surface area contributed by atoms with Crippen molar-refractivity contribution in [2.75, 3.05) is 24.5 Å². The molecule has 126 valence electrons. The van der Waals surface area contributed by atoms with E-state index in [1.54, 1.807) is 6.33 Å². The van der Waals surface area contributed by atoms with Gasteiger partial charge >= 0.3 is 0 Å². The van der Waals surface area contributed by atoms with Crippen LogP contribution in [0.4, 0.5) is 5.82 Å². The predicted molar refractivity (Wildman–Crippen MR) is 90.5 cm³/mol. The average molecular weight is 326 g/mol. The highest BCUT2D eigenvalue weighted by molar-refractivity contribution is 5.90. The van der Waals surface area contributed by atoms with E-state index in [4.69, 9.17) is 5.73 Å². The largest absolute Gasteiger partial charge is 0.354 e. The van der Waals surface area contributed by atoms with E-state index in [-0.39, 0.29) is 11.4 Å². The minimum absolute atomic E-state index is 0.0698. The van der Waals surface area contributed by atoms with Crippen molar-refractivity contribution in [1.29, 1.82) is 0 Å². The van der Waals surface area contributed by atoms with Gasteiger partial charge in [0.1, 0.15) is 17.8 Å². The van der Waals surface area contributed by atoms with Crippen LogP contribution in [0.3, 0.4) is 0 Å². The molecule has 4 heterocycles. The lowest BCUT2D eigenvalue weighted by atomic mass is 9.94. The molecule has 2 aromatic rings. The monoisotopic (exact) mass is 326 g/mol. The zero-order valence-electron chi connectivity index (χ0n) is 13.7. The molecule has 1 aliphatic carbocycles. The summed E-state index contributed by atoms with van der Waals surface area (Å²) in [6.45, 7) is 2.60. The Morgan fingerprint density at radius 2 is 2.08 bits per heavy atom. The van der Waals surface area contributed by atoms with Crippen molar-refractivity contribution >= 4 is 22.8 Å². The minimum Gasteiger partial charge on any atom is -0.354 e. The number of nitrogens with zero attached hydrogens (tertiary/aromatic N) is 4. The Morgan fingerprint density at radius 1 is 1.21 bits per heavy atom. The number of nitrogens with two attached hydrogens (primary N) is 1. The third-order valence-electron chi connectivity index (χ3n) is 6.02. The number of hydrogen-bond acceptors (Lipinski definition) is 5. The number of aromatic nitrogens is 3. The van der Waals surface area contributed by atoms with Crippen molar-refractivity contribution in [3.63, 3.8) is 0 Å². The van der Waals surface area contributed by atoms with Gasteiger partial charge in [-0.3, -0.25) is 4.79 Å². The maximum absolute atomic E-state index is 12.9. The van der Waals surface area contributed by atoms with Crippen LogP contribution in [0.25, 0.3) is 11.0 Å². The number of carbonyl (C=O) groups excluding carboxylic acids is 1. The quantitative estimate of drug-likeness (QED) is 0.860. The second-order valence-corrected chi connectivity index (χ2v) is 7.55. The van der Waals surface area contributed by atoms with Crippen LogP contribution in [0.2, 0.25) is 0 Å². The summed E-state index contributed by atoms with van der Waals surface area (Å²) in [6.07, 6.45) is 8.29. The highest BCUT2D eigenvalue weighted by atomic mass is 16.2. The fourth-order valence-corrected chi connectivity index (χ4v) is 4.44. The average Bonchev–Trinajstić information content (AvgIpc) is 3.04. The molecule has 7 nitrogen and oxygen atoms in total. The molecule has 3 fully saturated rings. The first kappa shape index (κ1) is 14.2. The fourth-order valence-electron chi connectivity index (χ4n) is 4.44. The van der Waals surface area contributed by atoms with E-state index in [0.29, 0.717) is 0 Å². The van der Waals surface area contributed by atoms with Gasteiger partial charge in [-0.15, -0.1) is 0 Å². The van der Waals surface area contributed by atoms with E-state index in [0.717, 1.165) is 68.6 Å². The van der Waals surface area contributed by atoms with E-state index in [1.807, 2.05) is 12.3 Å². The maximum atomic E-state index is 12.9. The molecule has 1 unspecified atom stereocenters. The van der Waals surface area contributed by atoms with Gasteiger partial charge in [0.15, 0.2) is 0 Å². The van der Waals surface area contributed by atoms with Gasteiger partial charge in [-0.05, 0) is 38.2 Å². The van der Waals surface area contributed by atoms with Crippen LogP contribution < -0.4 is 10.6 Å². The third-order valence-corrected chi connectivity index (χ3v) is 6.02. The lowest BCUT2D eigenvalue weighted by Crippen LogP contribution is -2.55. The molecular weight excluding hydrogens is 304 g/mol. The van der Waals surface area contributed by atoms with Gasteiger partial charge in [0.05, 0.1) is 16.5 Å². The summed E-state index contributed by atoms with van der Waals surface area (Å²) in [4.78, 5) is 29.2. The number of carbonyl (C=O) groups is 1. The van der Waals surface area contributed by atoms with Crippen LogP contribution in [-0.2, 0) is 4.79 Å². The van der Waals surface area contributed by atoms with E-state index in [1.165, 1.54) is 0 Å². The number of hydrogen-bond donors (Lipinski definition) is 2. The van der Waals surface area contributed by atoms with Crippen LogP contribution >= 0.6 is 0 Å². The van der Waals surface area contributed by atoms with Crippen molar-refractivity contribution in [3.05, 3.63) is 18.6 Å². The second-order valence-electron chi connectivity index (χ2n) is 7.55. The van der Waals surface area contributed by atoms with Gasteiger partial charge in [-0.25, -0.2) is 9.97 Å². The number of likely N-dealkylation sites (tertiary alicyclic amines) is 1. The second kappa shape index (κ2) is 4.69. The van der Waals surface area contributed by atoms with Crippen molar-refractivity contribution < 1.29 is 4.79 Å². The summed E-state index contributed by atoms with van der Waals surface area (Å²) in [5, 5.41) is 1.04. The van der Waals surface area contributed by atoms with Crippen molar-refractivity contribution in [2.24, 2.45) is 5.73 Å².